The third-order valence-corrected chi connectivity index (χ3v) is 8.44. The molecule has 0 N–H and O–H groups in total. The predicted octanol–water partition coefficient (Wildman–Crippen LogP) is 4.01. The van der Waals surface area contributed by atoms with Gasteiger partial charge in [0, 0.05) is 0 Å². The van der Waals surface area contributed by atoms with Crippen LogP contribution in [-0.4, -0.2) is 27.5 Å². The minimum Gasteiger partial charge on any atom is -0.493 e. The maximum absolute atomic E-state index is 12.2. The molecule has 21 heavy (non-hydrogen) atoms. The van der Waals surface area contributed by atoms with Crippen LogP contribution in [0.15, 0.2) is 24.3 Å². The Morgan fingerprint density at radius 3 is 2.14 bits per heavy atom. The zero-order valence-electron chi connectivity index (χ0n) is 14.0. The highest BCUT2D eigenvalue weighted by Crippen LogP contribution is 2.37. The molecule has 0 aliphatic heterocycles. The molecule has 0 bridgehead atoms. The molecule has 0 saturated heterocycles. The van der Waals surface area contributed by atoms with Crippen LogP contribution in [0.3, 0.4) is 0 Å². The Bertz CT molecular complexity index is 491. The highest BCUT2D eigenvalue weighted by molar-refractivity contribution is 6.74. The SMILES string of the molecule is COc1ccccc1OC(=O)C(C)O[Si](C)(C)C(C)(C)C. The van der Waals surface area contributed by atoms with Gasteiger partial charge in [-0.2, -0.15) is 0 Å². The van der Waals surface area contributed by atoms with Crippen molar-refractivity contribution in [2.24, 2.45) is 0 Å². The van der Waals surface area contributed by atoms with Gasteiger partial charge in [0.25, 0.3) is 0 Å². The second kappa shape index (κ2) is 6.62. The first kappa shape index (κ1) is 17.7. The lowest BCUT2D eigenvalue weighted by molar-refractivity contribution is -0.142. The molecule has 1 rings (SSSR count). The van der Waals surface area contributed by atoms with Gasteiger partial charge >= 0.3 is 5.97 Å². The van der Waals surface area contributed by atoms with Crippen LogP contribution in [0.1, 0.15) is 27.7 Å². The van der Waals surface area contributed by atoms with Crippen molar-refractivity contribution in [3.63, 3.8) is 0 Å². The van der Waals surface area contributed by atoms with E-state index in [1.165, 1.54) is 0 Å². The van der Waals surface area contributed by atoms with Crippen LogP contribution in [0.4, 0.5) is 0 Å². The molecule has 0 radical (unpaired) electrons. The third-order valence-electron chi connectivity index (χ3n) is 3.89. The molecule has 1 aromatic rings. The predicted molar refractivity (Wildman–Crippen MR) is 86.4 cm³/mol. The minimum atomic E-state index is -2.00. The van der Waals surface area contributed by atoms with E-state index in [1.54, 1.807) is 32.2 Å². The summed E-state index contributed by atoms with van der Waals surface area (Å²) in [6.45, 7) is 12.4. The van der Waals surface area contributed by atoms with Gasteiger partial charge in [0.2, 0.25) is 0 Å². The van der Waals surface area contributed by atoms with E-state index in [1.807, 2.05) is 6.07 Å². The zero-order valence-corrected chi connectivity index (χ0v) is 15.0. The first-order chi connectivity index (χ1) is 9.58. The Balaban J connectivity index is 2.76. The molecule has 1 atom stereocenters. The van der Waals surface area contributed by atoms with Crippen molar-refractivity contribution in [3.05, 3.63) is 24.3 Å². The maximum Gasteiger partial charge on any atom is 0.339 e. The summed E-state index contributed by atoms with van der Waals surface area (Å²) in [7, 11) is -0.458. The highest BCUT2D eigenvalue weighted by Gasteiger charge is 2.40. The van der Waals surface area contributed by atoms with Gasteiger partial charge in [-0.15, -0.1) is 0 Å². The molecular weight excluding hydrogens is 284 g/mol. The summed E-state index contributed by atoms with van der Waals surface area (Å²) in [6, 6.07) is 7.08. The fourth-order valence-corrected chi connectivity index (χ4v) is 2.89. The van der Waals surface area contributed by atoms with Crippen LogP contribution in [0.25, 0.3) is 0 Å². The largest absolute Gasteiger partial charge is 0.493 e. The first-order valence-electron chi connectivity index (χ1n) is 7.11. The third kappa shape index (κ3) is 4.57. The molecule has 0 aromatic heterocycles. The molecule has 0 saturated carbocycles. The number of rotatable bonds is 5. The van der Waals surface area contributed by atoms with Crippen molar-refractivity contribution in [3.8, 4) is 11.5 Å². The average molecular weight is 310 g/mol. The van der Waals surface area contributed by atoms with Gasteiger partial charge in [0.15, 0.2) is 19.8 Å². The summed E-state index contributed by atoms with van der Waals surface area (Å²) in [6.07, 6.45) is -0.601. The second-order valence-corrected chi connectivity index (χ2v) is 11.3. The van der Waals surface area contributed by atoms with E-state index in [0.29, 0.717) is 11.5 Å². The van der Waals surface area contributed by atoms with E-state index in [4.69, 9.17) is 13.9 Å². The number of hydrogen-bond acceptors (Lipinski definition) is 4. The zero-order chi connectivity index (χ0) is 16.3. The van der Waals surface area contributed by atoms with Gasteiger partial charge in [0.05, 0.1) is 7.11 Å². The monoisotopic (exact) mass is 310 g/mol. The number of carbonyl (C=O) groups excluding carboxylic acids is 1. The van der Waals surface area contributed by atoms with Crippen LogP contribution < -0.4 is 9.47 Å². The number of para-hydroxylation sites is 2. The maximum atomic E-state index is 12.2. The topological polar surface area (TPSA) is 44.8 Å². The summed E-state index contributed by atoms with van der Waals surface area (Å²) in [5.74, 6) is 0.547. The van der Waals surface area contributed by atoms with E-state index in [2.05, 4.69) is 33.9 Å². The standard InChI is InChI=1S/C16H26O4Si/c1-12(20-21(6,7)16(2,3)4)15(17)19-14-11-9-8-10-13(14)18-5/h8-12H,1-7H3. The molecule has 0 aliphatic carbocycles. The Morgan fingerprint density at radius 1 is 1.14 bits per heavy atom. The van der Waals surface area contributed by atoms with E-state index in [9.17, 15) is 4.79 Å². The normalized spacial score (nSPS) is 13.7. The summed E-state index contributed by atoms with van der Waals surface area (Å²) in [4.78, 5) is 12.2. The lowest BCUT2D eigenvalue weighted by Crippen LogP contribution is -2.46. The Morgan fingerprint density at radius 2 is 1.67 bits per heavy atom. The summed E-state index contributed by atoms with van der Waals surface area (Å²) in [5.41, 5.74) is 0. The molecular formula is C16H26O4Si. The van der Waals surface area contributed by atoms with Gasteiger partial charge in [-0.1, -0.05) is 32.9 Å². The fraction of sp³-hybridized carbons (Fsp3) is 0.562. The lowest BCUT2D eigenvalue weighted by Gasteiger charge is -2.37. The minimum absolute atomic E-state index is 0.0476. The lowest BCUT2D eigenvalue weighted by atomic mass is 10.2. The fourth-order valence-electron chi connectivity index (χ4n) is 1.56. The van der Waals surface area contributed by atoms with Crippen molar-refractivity contribution in [1.82, 2.24) is 0 Å². The molecule has 1 aromatic carbocycles. The van der Waals surface area contributed by atoms with Gasteiger partial charge in [-0.05, 0) is 37.2 Å². The van der Waals surface area contributed by atoms with E-state index >= 15 is 0 Å². The Hall–Kier alpha value is -1.33. The number of esters is 1. The van der Waals surface area contributed by atoms with Crippen molar-refractivity contribution in [2.75, 3.05) is 7.11 Å². The summed E-state index contributed by atoms with van der Waals surface area (Å²) < 4.78 is 16.6. The van der Waals surface area contributed by atoms with E-state index in [-0.39, 0.29) is 5.04 Å². The molecule has 5 heteroatoms. The number of methoxy groups -OCH3 is 1. The van der Waals surface area contributed by atoms with Crippen LogP contribution in [0.2, 0.25) is 18.1 Å². The molecule has 4 nitrogen and oxygen atoms in total. The van der Waals surface area contributed by atoms with Crippen molar-refractivity contribution < 1.29 is 18.7 Å². The van der Waals surface area contributed by atoms with Gasteiger partial charge in [0.1, 0.15) is 6.10 Å². The number of ether oxygens (including phenoxy) is 2. The van der Waals surface area contributed by atoms with Crippen LogP contribution in [0, 0.1) is 0 Å². The van der Waals surface area contributed by atoms with Crippen molar-refractivity contribution >= 4 is 14.3 Å². The van der Waals surface area contributed by atoms with Crippen molar-refractivity contribution in [1.29, 1.82) is 0 Å². The first-order valence-corrected chi connectivity index (χ1v) is 10.0. The second-order valence-electron chi connectivity index (χ2n) is 6.59. The number of hydrogen-bond donors (Lipinski definition) is 0. The summed E-state index contributed by atoms with van der Waals surface area (Å²) >= 11 is 0. The average Bonchev–Trinajstić information content (AvgIpc) is 2.37. The van der Waals surface area contributed by atoms with E-state index in [0.717, 1.165) is 0 Å². The Labute approximate surface area is 128 Å². The molecule has 0 amide bonds. The number of benzene rings is 1. The van der Waals surface area contributed by atoms with E-state index < -0.39 is 20.4 Å². The van der Waals surface area contributed by atoms with Crippen molar-refractivity contribution in [2.45, 2.75) is 51.9 Å². The molecule has 1 unspecified atom stereocenters. The van der Waals surface area contributed by atoms with Gasteiger partial charge in [-0.3, -0.25) is 0 Å². The molecule has 0 aliphatic rings. The Kier molecular flexibility index (Phi) is 5.59. The highest BCUT2D eigenvalue weighted by atomic mass is 28.4. The molecule has 0 fully saturated rings. The quantitative estimate of drug-likeness (QED) is 0.468. The number of carbonyl (C=O) groups is 1. The van der Waals surface area contributed by atoms with Gasteiger partial charge in [-0.25, -0.2) is 4.79 Å². The smallest absolute Gasteiger partial charge is 0.339 e. The summed E-state index contributed by atoms with van der Waals surface area (Å²) in [5, 5.41) is 0.0476. The van der Waals surface area contributed by atoms with Crippen LogP contribution >= 0.6 is 0 Å². The molecule has 0 spiro atoms. The molecule has 118 valence electrons. The van der Waals surface area contributed by atoms with Gasteiger partial charge < -0.3 is 13.9 Å². The van der Waals surface area contributed by atoms with Crippen LogP contribution in [-0.2, 0) is 9.22 Å². The van der Waals surface area contributed by atoms with Crippen LogP contribution in [0.5, 0.6) is 11.5 Å². The molecule has 0 heterocycles.